The lowest BCUT2D eigenvalue weighted by Crippen LogP contribution is -2.46. The Hall–Kier alpha value is -3.12. The zero-order valence-electron chi connectivity index (χ0n) is 21.6. The molecule has 2 aliphatic heterocycles. The van der Waals surface area contributed by atoms with Crippen molar-refractivity contribution in [3.8, 4) is 17.0 Å². The molecule has 2 atom stereocenters. The summed E-state index contributed by atoms with van der Waals surface area (Å²) in [4.78, 5) is 18.8. The van der Waals surface area contributed by atoms with Gasteiger partial charge in [0.25, 0.3) is 0 Å². The summed E-state index contributed by atoms with van der Waals surface area (Å²) in [5.41, 5.74) is 1.59. The molecule has 4 heterocycles. The Kier molecular flexibility index (Phi) is 7.24. The van der Waals surface area contributed by atoms with Crippen molar-refractivity contribution in [1.82, 2.24) is 10.1 Å². The van der Waals surface area contributed by atoms with Crippen molar-refractivity contribution < 1.29 is 36.7 Å². The van der Waals surface area contributed by atoms with Gasteiger partial charge in [0.2, 0.25) is 0 Å². The van der Waals surface area contributed by atoms with Crippen LogP contribution in [0.25, 0.3) is 11.3 Å². The number of rotatable bonds is 8. The number of piperidine rings is 1. The first kappa shape index (κ1) is 27.1. The zero-order chi connectivity index (χ0) is 28.0. The van der Waals surface area contributed by atoms with Crippen molar-refractivity contribution >= 4 is 27.7 Å². The number of aromatic nitrogens is 2. The number of pyridine rings is 1. The maximum atomic E-state index is 13.1. The number of carbonyl (C=O) groups excluding carboxylic acids is 1. The smallest absolute Gasteiger partial charge is 0.465 e. The topological polar surface area (TPSA) is 86.9 Å². The van der Waals surface area contributed by atoms with Crippen LogP contribution >= 0.6 is 15.9 Å². The normalized spacial score (nSPS) is 22.4. The molecule has 2 aromatic heterocycles. The van der Waals surface area contributed by atoms with E-state index in [0.717, 1.165) is 48.8 Å². The van der Waals surface area contributed by atoms with E-state index in [2.05, 4.69) is 35.7 Å². The minimum Gasteiger partial charge on any atom is -0.465 e. The van der Waals surface area contributed by atoms with Crippen LogP contribution in [-0.2, 0) is 16.1 Å². The number of nitrogens with zero attached hydrogens (tertiary/aromatic N) is 3. The molecule has 3 aromatic rings. The number of ether oxygens (including phenoxy) is 3. The number of methoxy groups -OCH3 is 1. The molecule has 0 amide bonds. The van der Waals surface area contributed by atoms with Gasteiger partial charge in [-0.05, 0) is 72.7 Å². The molecule has 1 aliphatic carbocycles. The number of hydrogen-bond donors (Lipinski definition) is 0. The summed E-state index contributed by atoms with van der Waals surface area (Å²) < 4.78 is 61.1. The molecule has 1 saturated carbocycles. The molecule has 3 aliphatic rings. The fourth-order valence-corrected chi connectivity index (χ4v) is 6.43. The van der Waals surface area contributed by atoms with E-state index >= 15 is 0 Å². The van der Waals surface area contributed by atoms with Crippen LogP contribution in [0.2, 0.25) is 0 Å². The first-order valence-electron chi connectivity index (χ1n) is 13.2. The van der Waals surface area contributed by atoms with Crippen LogP contribution in [0.5, 0.6) is 5.75 Å². The Bertz CT molecular complexity index is 1400. The summed E-state index contributed by atoms with van der Waals surface area (Å²) in [6.45, 7) is 0.185. The molecule has 1 aromatic carbocycles. The molecule has 3 fully saturated rings. The lowest BCUT2D eigenvalue weighted by Gasteiger charge is -2.40. The third-order valence-corrected chi connectivity index (χ3v) is 8.36. The van der Waals surface area contributed by atoms with Crippen molar-refractivity contribution in [2.24, 2.45) is 0 Å². The number of fused-ring (bicyclic) bond motifs is 2. The fraction of sp³-hybridized carbons (Fsp3) is 0.464. The van der Waals surface area contributed by atoms with Crippen LogP contribution < -0.4 is 9.64 Å². The minimum atomic E-state index is -4.83. The second-order valence-corrected chi connectivity index (χ2v) is 11.3. The average molecular weight is 622 g/mol. The molecule has 0 radical (unpaired) electrons. The third-order valence-electron chi connectivity index (χ3n) is 7.78. The summed E-state index contributed by atoms with van der Waals surface area (Å²) in [6, 6.07) is 8.10. The van der Waals surface area contributed by atoms with Crippen LogP contribution in [0.3, 0.4) is 0 Å². The highest BCUT2D eigenvalue weighted by Gasteiger charge is 2.43. The van der Waals surface area contributed by atoms with Crippen molar-refractivity contribution in [2.45, 2.75) is 75.6 Å². The molecule has 2 bridgehead atoms. The van der Waals surface area contributed by atoms with Gasteiger partial charge in [-0.3, -0.25) is 0 Å². The maximum absolute atomic E-state index is 13.1. The highest BCUT2D eigenvalue weighted by Crippen LogP contribution is 2.47. The number of alkyl halides is 3. The van der Waals surface area contributed by atoms with Gasteiger partial charge in [-0.15, -0.1) is 13.2 Å². The molecule has 212 valence electrons. The zero-order valence-corrected chi connectivity index (χ0v) is 23.2. The predicted molar refractivity (Wildman–Crippen MR) is 141 cm³/mol. The van der Waals surface area contributed by atoms with Gasteiger partial charge in [-0.1, -0.05) is 17.3 Å². The van der Waals surface area contributed by atoms with E-state index in [4.69, 9.17) is 14.0 Å². The predicted octanol–water partition coefficient (Wildman–Crippen LogP) is 6.78. The molecule has 6 rings (SSSR count). The highest BCUT2D eigenvalue weighted by molar-refractivity contribution is 9.10. The molecular formula is C28H27BrF3N3O5. The molecule has 0 spiro atoms. The average Bonchev–Trinajstić information content (AvgIpc) is 3.63. The van der Waals surface area contributed by atoms with Gasteiger partial charge < -0.3 is 23.6 Å². The van der Waals surface area contributed by atoms with Crippen molar-refractivity contribution in [3.63, 3.8) is 0 Å². The summed E-state index contributed by atoms with van der Waals surface area (Å²) in [6.07, 6.45) is 2.08. The van der Waals surface area contributed by atoms with Gasteiger partial charge in [0.05, 0.1) is 29.9 Å². The number of halogens is 4. The van der Waals surface area contributed by atoms with Crippen LogP contribution in [0, 0.1) is 0 Å². The van der Waals surface area contributed by atoms with E-state index in [1.165, 1.54) is 25.4 Å². The number of benzene rings is 1. The van der Waals surface area contributed by atoms with Gasteiger partial charge in [0.15, 0.2) is 0 Å². The molecule has 8 nitrogen and oxygen atoms in total. The molecule has 2 unspecified atom stereocenters. The number of esters is 1. The Morgan fingerprint density at radius 2 is 1.88 bits per heavy atom. The Morgan fingerprint density at radius 1 is 1.15 bits per heavy atom. The number of carbonyl (C=O) groups is 1. The van der Waals surface area contributed by atoms with Crippen LogP contribution in [0.1, 0.15) is 66.1 Å². The van der Waals surface area contributed by atoms with Crippen LogP contribution in [0.15, 0.2) is 45.5 Å². The van der Waals surface area contributed by atoms with Gasteiger partial charge in [0, 0.05) is 35.3 Å². The van der Waals surface area contributed by atoms with Crippen molar-refractivity contribution in [2.75, 3.05) is 12.0 Å². The van der Waals surface area contributed by atoms with E-state index in [0.29, 0.717) is 22.6 Å². The van der Waals surface area contributed by atoms with Gasteiger partial charge in [-0.25, -0.2) is 9.78 Å². The van der Waals surface area contributed by atoms with Crippen molar-refractivity contribution in [1.29, 1.82) is 0 Å². The van der Waals surface area contributed by atoms with Gasteiger partial charge in [0.1, 0.15) is 23.0 Å². The van der Waals surface area contributed by atoms with Crippen molar-refractivity contribution in [3.05, 3.63) is 57.9 Å². The number of para-hydroxylation sites is 1. The summed E-state index contributed by atoms with van der Waals surface area (Å²) in [5, 5.41) is 4.17. The standard InChI is InChI=1S/C28H27BrF3N3O5/c1-37-27(36)16-10-22(29)26(33-13-16)35-17-8-9-18(35)12-19(11-17)38-14-21-24(34-40-25(21)15-6-7-15)20-4-2-3-5-23(20)39-28(30,31)32/h2-5,10,13,15,17-19H,6-9,11-12,14H2,1H3. The fourth-order valence-electron chi connectivity index (χ4n) is 5.88. The highest BCUT2D eigenvalue weighted by atomic mass is 79.9. The third kappa shape index (κ3) is 5.43. The largest absolute Gasteiger partial charge is 0.573 e. The monoisotopic (exact) mass is 621 g/mol. The Morgan fingerprint density at radius 3 is 2.52 bits per heavy atom. The maximum Gasteiger partial charge on any atom is 0.573 e. The van der Waals surface area contributed by atoms with Gasteiger partial charge in [-0.2, -0.15) is 0 Å². The second-order valence-electron chi connectivity index (χ2n) is 10.4. The van der Waals surface area contributed by atoms with E-state index in [1.54, 1.807) is 18.2 Å². The summed E-state index contributed by atoms with van der Waals surface area (Å²) in [5.74, 6) is 0.897. The molecule has 40 heavy (non-hydrogen) atoms. The number of hydrogen-bond acceptors (Lipinski definition) is 8. The Balaban J connectivity index is 1.19. The van der Waals surface area contributed by atoms with E-state index in [9.17, 15) is 18.0 Å². The quantitative estimate of drug-likeness (QED) is 0.254. The van der Waals surface area contributed by atoms with E-state index in [-0.39, 0.29) is 42.0 Å². The Labute approximate surface area is 236 Å². The molecule has 12 heteroatoms. The molecule has 0 N–H and O–H groups in total. The first-order valence-corrected chi connectivity index (χ1v) is 14.0. The molecule has 2 saturated heterocycles. The van der Waals surface area contributed by atoms with E-state index < -0.39 is 12.3 Å². The first-order chi connectivity index (χ1) is 19.2. The van der Waals surface area contributed by atoms with Gasteiger partial charge >= 0.3 is 12.3 Å². The number of anilines is 1. The summed E-state index contributed by atoms with van der Waals surface area (Å²) in [7, 11) is 1.33. The lowest BCUT2D eigenvalue weighted by atomic mass is 9.99. The van der Waals surface area contributed by atoms with E-state index in [1.807, 2.05) is 0 Å². The second kappa shape index (κ2) is 10.7. The minimum absolute atomic E-state index is 0.0432. The SMILES string of the molecule is COC(=O)c1cnc(N2C3CCC2CC(OCc2c(-c4ccccc4OC(F)(F)F)noc2C2CC2)C3)c(Br)c1. The summed E-state index contributed by atoms with van der Waals surface area (Å²) >= 11 is 3.58. The molecular weight excluding hydrogens is 595 g/mol. The lowest BCUT2D eigenvalue weighted by molar-refractivity contribution is -0.274. The van der Waals surface area contributed by atoms with Crippen LogP contribution in [-0.4, -0.2) is 47.8 Å². The van der Waals surface area contributed by atoms with Crippen LogP contribution in [0.4, 0.5) is 19.0 Å².